The minimum Gasteiger partial charge on any atom is -0.354 e. The molecule has 0 saturated carbocycles. The highest BCUT2D eigenvalue weighted by Crippen LogP contribution is 2.20. The predicted octanol–water partition coefficient (Wildman–Crippen LogP) is 5.95. The van der Waals surface area contributed by atoms with E-state index in [1.165, 1.54) is 16.7 Å². The lowest BCUT2D eigenvalue weighted by Gasteiger charge is -2.32. The van der Waals surface area contributed by atoms with Gasteiger partial charge >= 0.3 is 0 Å². The van der Waals surface area contributed by atoms with Crippen LogP contribution >= 0.6 is 11.8 Å². The van der Waals surface area contributed by atoms with Crippen LogP contribution in [0.4, 0.5) is 0 Å². The number of nitrogens with one attached hydrogen (secondary N) is 1. The Morgan fingerprint density at radius 2 is 1.42 bits per heavy atom. The van der Waals surface area contributed by atoms with Crippen molar-refractivity contribution in [1.82, 2.24) is 10.2 Å². The molecule has 3 aromatic rings. The number of hydrogen-bond acceptors (Lipinski definition) is 3. The topological polar surface area (TPSA) is 49.4 Å². The molecule has 0 saturated heterocycles. The Hall–Kier alpha value is -3.05. The Bertz CT molecular complexity index is 1100. The maximum atomic E-state index is 13.7. The van der Waals surface area contributed by atoms with Crippen molar-refractivity contribution in [1.29, 1.82) is 0 Å². The van der Waals surface area contributed by atoms with E-state index in [0.29, 0.717) is 31.2 Å². The first-order chi connectivity index (χ1) is 17.3. The van der Waals surface area contributed by atoms with Crippen molar-refractivity contribution in [2.45, 2.75) is 52.5 Å². The first-order valence-corrected chi connectivity index (χ1v) is 13.8. The predicted molar refractivity (Wildman–Crippen MR) is 151 cm³/mol. The molecule has 1 N–H and O–H groups in total. The standard InChI is InChI=1S/C31H38N2O2S/c1-23(2)19-32-31(35)29(18-26-11-7-5-8-12-26)33(20-27-13-9-6-10-14-27)30(34)22-36-21-28-16-24(3)15-25(4)17-28/h5-17,23,29H,18-22H2,1-4H3,(H,32,35)/t29-/m0/s1. The molecule has 0 fully saturated rings. The van der Waals surface area contributed by atoms with Gasteiger partial charge in [-0.3, -0.25) is 9.59 Å². The summed E-state index contributed by atoms with van der Waals surface area (Å²) in [7, 11) is 0. The van der Waals surface area contributed by atoms with E-state index in [1.807, 2.05) is 60.7 Å². The highest BCUT2D eigenvalue weighted by molar-refractivity contribution is 7.99. The van der Waals surface area contributed by atoms with Gasteiger partial charge in [0.05, 0.1) is 5.75 Å². The van der Waals surface area contributed by atoms with E-state index in [9.17, 15) is 9.59 Å². The van der Waals surface area contributed by atoms with Crippen LogP contribution in [-0.2, 0) is 28.3 Å². The molecule has 5 heteroatoms. The summed E-state index contributed by atoms with van der Waals surface area (Å²) in [5.41, 5.74) is 5.73. The molecule has 36 heavy (non-hydrogen) atoms. The molecule has 0 aliphatic rings. The lowest BCUT2D eigenvalue weighted by atomic mass is 10.0. The third-order valence-electron chi connectivity index (χ3n) is 5.93. The van der Waals surface area contributed by atoms with Crippen LogP contribution in [0.1, 0.15) is 41.7 Å². The van der Waals surface area contributed by atoms with Crippen LogP contribution in [0.25, 0.3) is 0 Å². The van der Waals surface area contributed by atoms with Gasteiger partial charge in [0.1, 0.15) is 6.04 Å². The second-order valence-electron chi connectivity index (χ2n) is 9.84. The monoisotopic (exact) mass is 502 g/mol. The van der Waals surface area contributed by atoms with Crippen LogP contribution in [0.2, 0.25) is 0 Å². The van der Waals surface area contributed by atoms with E-state index in [0.717, 1.165) is 16.9 Å². The third-order valence-corrected chi connectivity index (χ3v) is 6.92. The van der Waals surface area contributed by atoms with E-state index in [4.69, 9.17) is 0 Å². The molecule has 0 bridgehead atoms. The minimum absolute atomic E-state index is 0.0196. The Morgan fingerprint density at radius 3 is 2.00 bits per heavy atom. The maximum Gasteiger partial charge on any atom is 0.243 e. The normalized spacial score (nSPS) is 11.8. The molecule has 1 atom stereocenters. The van der Waals surface area contributed by atoms with Crippen LogP contribution in [0, 0.1) is 19.8 Å². The molecular weight excluding hydrogens is 464 g/mol. The van der Waals surface area contributed by atoms with E-state index >= 15 is 0 Å². The summed E-state index contributed by atoms with van der Waals surface area (Å²) in [6.45, 7) is 9.32. The summed E-state index contributed by atoms with van der Waals surface area (Å²) < 4.78 is 0. The van der Waals surface area contributed by atoms with Crippen molar-refractivity contribution >= 4 is 23.6 Å². The number of rotatable bonds is 12. The highest BCUT2D eigenvalue weighted by atomic mass is 32.2. The maximum absolute atomic E-state index is 13.7. The van der Waals surface area contributed by atoms with Crippen molar-refractivity contribution in [2.75, 3.05) is 12.3 Å². The third kappa shape index (κ3) is 8.87. The molecule has 4 nitrogen and oxygen atoms in total. The zero-order valence-electron chi connectivity index (χ0n) is 21.9. The van der Waals surface area contributed by atoms with Crippen LogP contribution in [-0.4, -0.2) is 35.1 Å². The average Bonchev–Trinajstić information content (AvgIpc) is 2.85. The van der Waals surface area contributed by atoms with Crippen LogP contribution < -0.4 is 5.32 Å². The van der Waals surface area contributed by atoms with Crippen molar-refractivity contribution in [3.63, 3.8) is 0 Å². The fourth-order valence-corrected chi connectivity index (χ4v) is 5.09. The molecule has 0 unspecified atom stereocenters. The van der Waals surface area contributed by atoms with E-state index in [1.54, 1.807) is 16.7 Å². The Kier molecular flexibility index (Phi) is 10.6. The number of benzene rings is 3. The molecule has 0 heterocycles. The van der Waals surface area contributed by atoms with Gasteiger partial charge in [-0.1, -0.05) is 104 Å². The summed E-state index contributed by atoms with van der Waals surface area (Å²) in [4.78, 5) is 28.9. The molecule has 2 amide bonds. The van der Waals surface area contributed by atoms with Gasteiger partial charge < -0.3 is 10.2 Å². The van der Waals surface area contributed by atoms with E-state index in [-0.39, 0.29) is 11.8 Å². The van der Waals surface area contributed by atoms with Gasteiger partial charge in [-0.2, -0.15) is 0 Å². The number of carbonyl (C=O) groups is 2. The van der Waals surface area contributed by atoms with Gasteiger partial charge in [-0.25, -0.2) is 0 Å². The van der Waals surface area contributed by atoms with Crippen LogP contribution in [0.15, 0.2) is 78.9 Å². The number of hydrogen-bond donors (Lipinski definition) is 1. The van der Waals surface area contributed by atoms with Crippen molar-refractivity contribution in [2.24, 2.45) is 5.92 Å². The van der Waals surface area contributed by atoms with Crippen molar-refractivity contribution in [3.05, 3.63) is 107 Å². The van der Waals surface area contributed by atoms with Gasteiger partial charge in [-0.05, 0) is 36.5 Å². The van der Waals surface area contributed by atoms with Crippen LogP contribution in [0.5, 0.6) is 0 Å². The number of aryl methyl sites for hydroxylation is 2. The second-order valence-corrected chi connectivity index (χ2v) is 10.8. The number of carbonyl (C=O) groups excluding carboxylic acids is 2. The molecule has 190 valence electrons. The molecule has 0 aromatic heterocycles. The Balaban J connectivity index is 1.82. The molecular formula is C31H38N2O2S. The SMILES string of the molecule is Cc1cc(C)cc(CSCC(=O)N(Cc2ccccc2)[C@@H](Cc2ccccc2)C(=O)NCC(C)C)c1. The Morgan fingerprint density at radius 1 is 0.833 bits per heavy atom. The lowest BCUT2D eigenvalue weighted by Crippen LogP contribution is -2.51. The van der Waals surface area contributed by atoms with Gasteiger partial charge in [0.25, 0.3) is 0 Å². The molecule has 0 aliphatic heterocycles. The first-order valence-electron chi connectivity index (χ1n) is 12.6. The van der Waals surface area contributed by atoms with Crippen molar-refractivity contribution in [3.8, 4) is 0 Å². The largest absolute Gasteiger partial charge is 0.354 e. The summed E-state index contributed by atoms with van der Waals surface area (Å²) in [6, 6.07) is 25.8. The van der Waals surface area contributed by atoms with Gasteiger partial charge in [0.2, 0.25) is 11.8 Å². The highest BCUT2D eigenvalue weighted by Gasteiger charge is 2.30. The van der Waals surface area contributed by atoms with Crippen LogP contribution in [0.3, 0.4) is 0 Å². The van der Waals surface area contributed by atoms with E-state index < -0.39 is 6.04 Å². The lowest BCUT2D eigenvalue weighted by molar-refractivity contribution is -0.139. The van der Waals surface area contributed by atoms with Crippen molar-refractivity contribution < 1.29 is 9.59 Å². The average molecular weight is 503 g/mol. The quantitative estimate of drug-likeness (QED) is 0.333. The fraction of sp³-hybridized carbons (Fsp3) is 0.355. The van der Waals surface area contributed by atoms with Gasteiger partial charge in [-0.15, -0.1) is 11.8 Å². The number of thioether (sulfide) groups is 1. The molecule has 3 rings (SSSR count). The number of nitrogens with zero attached hydrogens (tertiary/aromatic N) is 1. The molecule has 0 aliphatic carbocycles. The zero-order valence-corrected chi connectivity index (χ0v) is 22.7. The molecule has 0 radical (unpaired) electrons. The zero-order chi connectivity index (χ0) is 25.9. The van der Waals surface area contributed by atoms with Gasteiger partial charge in [0.15, 0.2) is 0 Å². The molecule has 3 aromatic carbocycles. The van der Waals surface area contributed by atoms with E-state index in [2.05, 4.69) is 51.2 Å². The smallest absolute Gasteiger partial charge is 0.243 e. The fourth-order valence-electron chi connectivity index (χ4n) is 4.25. The molecule has 0 spiro atoms. The summed E-state index contributed by atoms with van der Waals surface area (Å²) in [6.07, 6.45) is 0.477. The number of amides is 2. The Labute approximate surface area is 220 Å². The summed E-state index contributed by atoms with van der Waals surface area (Å²) in [5.74, 6) is 1.29. The minimum atomic E-state index is -0.583. The summed E-state index contributed by atoms with van der Waals surface area (Å²) >= 11 is 1.60. The first kappa shape index (κ1) is 27.5. The summed E-state index contributed by atoms with van der Waals surface area (Å²) in [5, 5.41) is 3.08. The second kappa shape index (κ2) is 13.9. The van der Waals surface area contributed by atoms with Gasteiger partial charge in [0, 0.05) is 25.3 Å².